The lowest BCUT2D eigenvalue weighted by Crippen LogP contribution is -2.33. The average molecular weight is 285 g/mol. The van der Waals surface area contributed by atoms with Crippen molar-refractivity contribution in [2.24, 2.45) is 5.92 Å². The molecular formula is C17H19NOS. The Hall–Kier alpha value is -1.61. The van der Waals surface area contributed by atoms with Crippen LogP contribution in [0.1, 0.15) is 42.2 Å². The van der Waals surface area contributed by atoms with Crippen molar-refractivity contribution in [1.82, 2.24) is 5.32 Å². The van der Waals surface area contributed by atoms with Gasteiger partial charge in [-0.2, -0.15) is 0 Å². The minimum absolute atomic E-state index is 0.00991. The number of hydrogen-bond donors (Lipinski definition) is 1. The lowest BCUT2D eigenvalue weighted by molar-refractivity contribution is -0.125. The second kappa shape index (κ2) is 6.23. The van der Waals surface area contributed by atoms with E-state index in [1.54, 1.807) is 11.3 Å². The summed E-state index contributed by atoms with van der Waals surface area (Å²) in [6.45, 7) is 0. The van der Waals surface area contributed by atoms with Crippen LogP contribution in [0.2, 0.25) is 0 Å². The molecule has 2 nitrogen and oxygen atoms in total. The highest BCUT2D eigenvalue weighted by molar-refractivity contribution is 7.10. The van der Waals surface area contributed by atoms with E-state index in [1.807, 2.05) is 24.3 Å². The summed E-state index contributed by atoms with van der Waals surface area (Å²) >= 11 is 1.70. The summed E-state index contributed by atoms with van der Waals surface area (Å²) in [4.78, 5) is 13.6. The smallest absolute Gasteiger partial charge is 0.223 e. The molecule has 1 aromatic heterocycles. The highest BCUT2D eigenvalue weighted by Crippen LogP contribution is 2.29. The molecule has 3 rings (SSSR count). The van der Waals surface area contributed by atoms with Gasteiger partial charge in [0, 0.05) is 10.8 Å². The van der Waals surface area contributed by atoms with Crippen molar-refractivity contribution in [2.45, 2.75) is 31.7 Å². The number of thiophene rings is 1. The number of carbonyl (C=O) groups excluding carboxylic acids is 1. The van der Waals surface area contributed by atoms with Gasteiger partial charge in [0.25, 0.3) is 0 Å². The second-order valence-corrected chi connectivity index (χ2v) is 6.33. The highest BCUT2D eigenvalue weighted by Gasteiger charge is 2.26. The Morgan fingerprint density at radius 2 is 1.85 bits per heavy atom. The normalized spacial score (nSPS) is 17.0. The molecule has 104 valence electrons. The standard InChI is InChI=1S/C17H19NOS/c19-17(14-9-4-5-10-14)18-16(15-11-6-12-20-15)13-7-2-1-3-8-13/h1-3,6-8,11-12,14,16H,4-5,9-10H2,(H,18,19)/t16-/m0/s1. The summed E-state index contributed by atoms with van der Waals surface area (Å²) in [6, 6.07) is 14.3. The first-order chi connectivity index (χ1) is 9.84. The van der Waals surface area contributed by atoms with Gasteiger partial charge >= 0.3 is 0 Å². The van der Waals surface area contributed by atoms with Crippen molar-refractivity contribution in [1.29, 1.82) is 0 Å². The van der Waals surface area contributed by atoms with Crippen molar-refractivity contribution < 1.29 is 4.79 Å². The van der Waals surface area contributed by atoms with Gasteiger partial charge in [-0.3, -0.25) is 4.79 Å². The molecule has 1 fully saturated rings. The van der Waals surface area contributed by atoms with Crippen LogP contribution in [0.4, 0.5) is 0 Å². The maximum absolute atomic E-state index is 12.4. The molecule has 0 saturated heterocycles. The molecule has 1 N–H and O–H groups in total. The van der Waals surface area contributed by atoms with Gasteiger partial charge in [-0.1, -0.05) is 49.2 Å². The summed E-state index contributed by atoms with van der Waals surface area (Å²) in [5.74, 6) is 0.422. The highest BCUT2D eigenvalue weighted by atomic mass is 32.1. The summed E-state index contributed by atoms with van der Waals surface area (Å²) in [5.41, 5.74) is 1.15. The summed E-state index contributed by atoms with van der Waals surface area (Å²) < 4.78 is 0. The Kier molecular flexibility index (Phi) is 4.16. The topological polar surface area (TPSA) is 29.1 Å². The SMILES string of the molecule is O=C(N[C@@H](c1ccccc1)c1cccs1)C1CCCC1. The molecule has 0 radical (unpaired) electrons. The third-order valence-electron chi connectivity index (χ3n) is 3.97. The molecular weight excluding hydrogens is 266 g/mol. The van der Waals surface area contributed by atoms with Crippen LogP contribution in [0, 0.1) is 5.92 Å². The second-order valence-electron chi connectivity index (χ2n) is 5.35. The molecule has 0 bridgehead atoms. The molecule has 1 atom stereocenters. The van der Waals surface area contributed by atoms with Gasteiger partial charge < -0.3 is 5.32 Å². The molecule has 1 saturated carbocycles. The molecule has 1 aromatic carbocycles. The monoisotopic (exact) mass is 285 g/mol. The van der Waals surface area contributed by atoms with E-state index in [4.69, 9.17) is 0 Å². The van der Waals surface area contributed by atoms with Crippen molar-refractivity contribution >= 4 is 17.2 Å². The minimum atomic E-state index is -0.00991. The number of benzene rings is 1. The summed E-state index contributed by atoms with van der Waals surface area (Å²) in [5, 5.41) is 5.31. The number of amides is 1. The van der Waals surface area contributed by atoms with Crippen LogP contribution < -0.4 is 5.32 Å². The average Bonchev–Trinajstić information content (AvgIpc) is 3.18. The molecule has 2 aromatic rings. The summed E-state index contributed by atoms with van der Waals surface area (Å²) in [6.07, 6.45) is 4.45. The van der Waals surface area contributed by atoms with Crippen LogP contribution in [0.5, 0.6) is 0 Å². The molecule has 1 aliphatic rings. The van der Waals surface area contributed by atoms with Crippen LogP contribution >= 0.6 is 11.3 Å². The largest absolute Gasteiger partial charge is 0.344 e. The van der Waals surface area contributed by atoms with Crippen LogP contribution in [0.15, 0.2) is 47.8 Å². The fraction of sp³-hybridized carbons (Fsp3) is 0.353. The van der Waals surface area contributed by atoms with Gasteiger partial charge in [0.1, 0.15) is 0 Å². The maximum atomic E-state index is 12.4. The van der Waals surface area contributed by atoms with Crippen LogP contribution in [0.3, 0.4) is 0 Å². The Labute approximate surface area is 123 Å². The zero-order valence-corrected chi connectivity index (χ0v) is 12.2. The Morgan fingerprint density at radius 1 is 1.10 bits per heavy atom. The van der Waals surface area contributed by atoms with Crippen molar-refractivity contribution in [3.05, 3.63) is 58.3 Å². The zero-order valence-electron chi connectivity index (χ0n) is 11.4. The fourth-order valence-corrected chi connectivity index (χ4v) is 3.67. The fourth-order valence-electron chi connectivity index (χ4n) is 2.87. The van der Waals surface area contributed by atoms with Crippen molar-refractivity contribution in [3.8, 4) is 0 Å². The molecule has 1 amide bonds. The van der Waals surface area contributed by atoms with Gasteiger partial charge in [-0.15, -0.1) is 11.3 Å². The molecule has 0 aliphatic heterocycles. The number of hydrogen-bond acceptors (Lipinski definition) is 2. The predicted molar refractivity (Wildman–Crippen MR) is 82.7 cm³/mol. The van der Waals surface area contributed by atoms with Gasteiger partial charge in [0.05, 0.1) is 6.04 Å². The third-order valence-corrected chi connectivity index (χ3v) is 4.91. The van der Waals surface area contributed by atoms with E-state index >= 15 is 0 Å². The first-order valence-electron chi connectivity index (χ1n) is 7.23. The molecule has 1 heterocycles. The Bertz CT molecular complexity index is 544. The van der Waals surface area contributed by atoms with E-state index in [9.17, 15) is 4.79 Å². The van der Waals surface area contributed by atoms with Crippen molar-refractivity contribution in [2.75, 3.05) is 0 Å². The van der Waals surface area contributed by atoms with E-state index in [2.05, 4.69) is 28.9 Å². The van der Waals surface area contributed by atoms with Gasteiger partial charge in [0.15, 0.2) is 0 Å². The quantitative estimate of drug-likeness (QED) is 0.898. The van der Waals surface area contributed by atoms with Gasteiger partial charge in [-0.25, -0.2) is 0 Å². The van der Waals surface area contributed by atoms with E-state index in [0.717, 1.165) is 18.4 Å². The minimum Gasteiger partial charge on any atom is -0.344 e. The molecule has 0 unspecified atom stereocenters. The lowest BCUT2D eigenvalue weighted by Gasteiger charge is -2.20. The van der Waals surface area contributed by atoms with Crippen LogP contribution in [0.25, 0.3) is 0 Å². The zero-order chi connectivity index (χ0) is 13.8. The van der Waals surface area contributed by atoms with E-state index in [1.165, 1.54) is 17.7 Å². The Morgan fingerprint density at radius 3 is 2.50 bits per heavy atom. The van der Waals surface area contributed by atoms with E-state index in [0.29, 0.717) is 0 Å². The number of carbonyl (C=O) groups is 1. The van der Waals surface area contributed by atoms with Crippen LogP contribution in [-0.2, 0) is 4.79 Å². The van der Waals surface area contributed by atoms with Gasteiger partial charge in [0.2, 0.25) is 5.91 Å². The molecule has 20 heavy (non-hydrogen) atoms. The number of rotatable bonds is 4. The maximum Gasteiger partial charge on any atom is 0.223 e. The van der Waals surface area contributed by atoms with Crippen LogP contribution in [-0.4, -0.2) is 5.91 Å². The molecule has 3 heteroatoms. The van der Waals surface area contributed by atoms with E-state index in [-0.39, 0.29) is 17.9 Å². The predicted octanol–water partition coefficient (Wildman–Crippen LogP) is 4.14. The summed E-state index contributed by atoms with van der Waals surface area (Å²) in [7, 11) is 0. The first-order valence-corrected chi connectivity index (χ1v) is 8.11. The molecule has 1 aliphatic carbocycles. The van der Waals surface area contributed by atoms with E-state index < -0.39 is 0 Å². The lowest BCUT2D eigenvalue weighted by atomic mass is 10.0. The number of nitrogens with one attached hydrogen (secondary N) is 1. The first kappa shape index (κ1) is 13.4. The molecule has 0 spiro atoms. The third kappa shape index (κ3) is 2.93. The Balaban J connectivity index is 1.81. The van der Waals surface area contributed by atoms with Gasteiger partial charge in [-0.05, 0) is 29.9 Å². The van der Waals surface area contributed by atoms with Crippen molar-refractivity contribution in [3.63, 3.8) is 0 Å².